The molecule has 360 valence electrons. The summed E-state index contributed by atoms with van der Waals surface area (Å²) in [5.41, 5.74) is 17.5. The van der Waals surface area contributed by atoms with Crippen LogP contribution in [0.1, 0.15) is 50.7 Å². The average Bonchev–Trinajstić information content (AvgIpc) is 3.78. The zero-order valence-corrected chi connectivity index (χ0v) is 37.6. The third kappa shape index (κ3) is 17.9. The van der Waals surface area contributed by atoms with Crippen LogP contribution in [0.4, 0.5) is 0 Å². The van der Waals surface area contributed by atoms with Crippen LogP contribution < -0.4 is 54.4 Å². The molecule has 24 heteroatoms. The molecule has 15 N–H and O–H groups in total. The number of rotatable bonds is 25. The van der Waals surface area contributed by atoms with Crippen LogP contribution in [0.25, 0.3) is 0 Å². The van der Waals surface area contributed by atoms with E-state index in [1.54, 1.807) is 30.3 Å². The molecule has 0 unspecified atom stereocenters. The summed E-state index contributed by atoms with van der Waals surface area (Å²) in [6.07, 6.45) is 0.640. The van der Waals surface area contributed by atoms with Gasteiger partial charge in [-0.05, 0) is 62.8 Å². The van der Waals surface area contributed by atoms with E-state index in [1.165, 1.54) is 43.0 Å². The molecule has 2 aromatic rings. The van der Waals surface area contributed by atoms with Crippen molar-refractivity contribution in [1.82, 2.24) is 42.1 Å². The molecule has 0 aliphatic carbocycles. The van der Waals surface area contributed by atoms with Crippen LogP contribution >= 0.6 is 12.6 Å². The Kier molecular flexibility index (Phi) is 21.6. The molecule has 7 atom stereocenters. The zero-order valence-electron chi connectivity index (χ0n) is 36.7. The quantitative estimate of drug-likeness (QED) is 0.0197. The van der Waals surface area contributed by atoms with E-state index in [-0.39, 0.29) is 62.7 Å². The largest absolute Gasteiger partial charge is 0.508 e. The highest BCUT2D eigenvalue weighted by Crippen LogP contribution is 2.18. The number of amides is 8. The number of nitrogens with one attached hydrogen (secondary N) is 7. The van der Waals surface area contributed by atoms with Crippen LogP contribution in [0.5, 0.6) is 5.75 Å². The second-order valence-corrected chi connectivity index (χ2v) is 15.9. The van der Waals surface area contributed by atoms with Crippen molar-refractivity contribution >= 4 is 71.8 Å². The maximum absolute atomic E-state index is 14.0. The maximum Gasteiger partial charge on any atom is 0.326 e. The fourth-order valence-corrected chi connectivity index (χ4v) is 6.87. The predicted molar refractivity (Wildman–Crippen MR) is 243 cm³/mol. The van der Waals surface area contributed by atoms with Crippen LogP contribution in [0.2, 0.25) is 0 Å². The SMILES string of the molecule is C[C@H](N)C(=O)NCC(=O)N[C@@H](C)C(=O)N[C@@H](CS)C(=O)N[C@@H](CCCN=C(N)N)C(=O)N[C@@H](Cc1ccc(O)cc1)C(=O)NCC(=O)N1CCC[C@H]1C(=O)N[C@@H](Cc1ccccc1)C(=O)O. The van der Waals surface area contributed by atoms with E-state index in [9.17, 15) is 53.4 Å². The number of phenols is 1. The molecule has 0 saturated carbocycles. The van der Waals surface area contributed by atoms with Gasteiger partial charge in [-0.1, -0.05) is 42.5 Å². The smallest absolute Gasteiger partial charge is 0.326 e. The molecule has 23 nitrogen and oxygen atoms in total. The molecule has 0 spiro atoms. The highest BCUT2D eigenvalue weighted by Gasteiger charge is 2.37. The number of aliphatic imine (C=N–C) groups is 1. The Morgan fingerprint density at radius 2 is 1.33 bits per heavy atom. The number of carbonyl (C=O) groups excluding carboxylic acids is 8. The Balaban J connectivity index is 1.74. The number of nitrogens with two attached hydrogens (primary N) is 3. The van der Waals surface area contributed by atoms with E-state index < -0.39 is 109 Å². The first kappa shape index (κ1) is 53.4. The molecule has 0 bridgehead atoms. The van der Waals surface area contributed by atoms with E-state index in [1.807, 2.05) is 0 Å². The topological polar surface area (TPSA) is 372 Å². The van der Waals surface area contributed by atoms with Crippen molar-refractivity contribution in [3.8, 4) is 5.75 Å². The monoisotopic (exact) mass is 940 g/mol. The summed E-state index contributed by atoms with van der Waals surface area (Å²) >= 11 is 4.18. The number of aromatic hydroxyl groups is 1. The zero-order chi connectivity index (χ0) is 48.9. The van der Waals surface area contributed by atoms with Crippen LogP contribution in [0.3, 0.4) is 0 Å². The molecular weight excluding hydrogens is 881 g/mol. The van der Waals surface area contributed by atoms with Gasteiger partial charge in [0.05, 0.1) is 19.1 Å². The van der Waals surface area contributed by atoms with Crippen LogP contribution in [0, 0.1) is 0 Å². The molecule has 66 heavy (non-hydrogen) atoms. The molecule has 8 amide bonds. The first-order valence-corrected chi connectivity index (χ1v) is 21.7. The Morgan fingerprint density at radius 1 is 0.742 bits per heavy atom. The first-order valence-electron chi connectivity index (χ1n) is 21.1. The molecule has 1 aliphatic rings. The number of benzene rings is 2. The van der Waals surface area contributed by atoms with Gasteiger partial charge in [-0.3, -0.25) is 43.3 Å². The number of likely N-dealkylation sites (tertiary alicyclic amines) is 1. The van der Waals surface area contributed by atoms with Crippen molar-refractivity contribution < 1.29 is 53.4 Å². The lowest BCUT2D eigenvalue weighted by molar-refractivity contribution is -0.144. The molecule has 0 radical (unpaired) electrons. The highest BCUT2D eigenvalue weighted by atomic mass is 32.1. The second kappa shape index (κ2) is 26.7. The number of hydrogen-bond acceptors (Lipinski definition) is 13. The van der Waals surface area contributed by atoms with Gasteiger partial charge < -0.3 is 69.5 Å². The lowest BCUT2D eigenvalue weighted by Crippen LogP contribution is -2.59. The Labute approximate surface area is 386 Å². The molecule has 0 aromatic heterocycles. The van der Waals surface area contributed by atoms with Crippen LogP contribution in [-0.4, -0.2) is 149 Å². The maximum atomic E-state index is 14.0. The molecular formula is C42H60N12O11S. The van der Waals surface area contributed by atoms with E-state index in [4.69, 9.17) is 17.2 Å². The van der Waals surface area contributed by atoms with Crippen molar-refractivity contribution in [2.75, 3.05) is 31.9 Å². The normalized spacial score (nSPS) is 15.8. The Morgan fingerprint density at radius 3 is 1.95 bits per heavy atom. The third-order valence-corrected chi connectivity index (χ3v) is 10.6. The summed E-state index contributed by atoms with van der Waals surface area (Å²) in [5.74, 6) is -7.71. The molecule has 3 rings (SSSR count). The summed E-state index contributed by atoms with van der Waals surface area (Å²) in [5, 5.41) is 37.0. The van der Waals surface area contributed by atoms with Gasteiger partial charge in [0.25, 0.3) is 0 Å². The van der Waals surface area contributed by atoms with Gasteiger partial charge in [-0.15, -0.1) is 0 Å². The van der Waals surface area contributed by atoms with Crippen molar-refractivity contribution in [3.63, 3.8) is 0 Å². The first-order chi connectivity index (χ1) is 31.3. The number of carbonyl (C=O) groups is 9. The second-order valence-electron chi connectivity index (χ2n) is 15.5. The van der Waals surface area contributed by atoms with Gasteiger partial charge >= 0.3 is 5.97 Å². The minimum atomic E-state index is -1.37. The fraction of sp³-hybridized carbons (Fsp3) is 0.476. The molecule has 1 aliphatic heterocycles. The van der Waals surface area contributed by atoms with Crippen LogP contribution in [0.15, 0.2) is 59.6 Å². The van der Waals surface area contributed by atoms with Gasteiger partial charge in [0, 0.05) is 31.7 Å². The Bertz CT molecular complexity index is 2050. The number of hydrogen-bond donors (Lipinski definition) is 13. The van der Waals surface area contributed by atoms with Gasteiger partial charge in [0.2, 0.25) is 47.3 Å². The number of phenolic OH excluding ortho intramolecular Hbond substituents is 1. The van der Waals surface area contributed by atoms with E-state index in [0.29, 0.717) is 17.5 Å². The van der Waals surface area contributed by atoms with Crippen molar-refractivity contribution in [2.45, 2.75) is 94.7 Å². The van der Waals surface area contributed by atoms with E-state index in [0.717, 1.165) is 0 Å². The molecule has 1 fully saturated rings. The number of thiol groups is 1. The summed E-state index contributed by atoms with van der Waals surface area (Å²) in [6, 6.07) is 6.11. The summed E-state index contributed by atoms with van der Waals surface area (Å²) in [6.45, 7) is 1.92. The molecule has 2 aromatic carbocycles. The van der Waals surface area contributed by atoms with Crippen molar-refractivity contribution in [3.05, 3.63) is 65.7 Å². The van der Waals surface area contributed by atoms with Gasteiger partial charge in [-0.2, -0.15) is 12.6 Å². The minimum Gasteiger partial charge on any atom is -0.508 e. The minimum absolute atomic E-state index is 0.0139. The van der Waals surface area contributed by atoms with E-state index >= 15 is 0 Å². The number of guanidine groups is 1. The highest BCUT2D eigenvalue weighted by molar-refractivity contribution is 7.80. The number of nitrogens with zero attached hydrogens (tertiary/aromatic N) is 2. The molecule has 1 saturated heterocycles. The van der Waals surface area contributed by atoms with Gasteiger partial charge in [0.1, 0.15) is 42.0 Å². The number of carboxylic acid groups (broad SMARTS) is 1. The number of aliphatic carboxylic acids is 1. The Hall–Kier alpha value is -6.95. The standard InChI is InChI=1S/C42H60N12O11S/c1-23(43)35(58)47-20-33(56)49-24(2)36(59)53-31(22-66)39(62)50-28(10-6-16-46-42(44)45)38(61)51-29(18-26-12-14-27(55)15-13-26)37(60)48-21-34(57)54-17-7-11-32(54)40(63)52-30(41(64)65)19-25-8-4-3-5-9-25/h3-5,8-9,12-15,23-24,28-32,55,66H,6-7,10-11,16-22,43H2,1-2H3,(H,47,58)(H,48,60)(H,49,56)(H,50,62)(H,51,61)(H,52,63)(H,53,59)(H,64,65)(H4,44,45,46)/t23-,24-,28-,29-,30-,31-,32-/m0/s1. The lowest BCUT2D eigenvalue weighted by atomic mass is 10.0. The van der Waals surface area contributed by atoms with E-state index in [2.05, 4.69) is 54.8 Å². The predicted octanol–water partition coefficient (Wildman–Crippen LogP) is -3.74. The van der Waals surface area contributed by atoms with Crippen LogP contribution in [-0.2, 0) is 56.0 Å². The lowest BCUT2D eigenvalue weighted by Gasteiger charge is -2.27. The van der Waals surface area contributed by atoms with Crippen molar-refractivity contribution in [2.24, 2.45) is 22.2 Å². The molecule has 1 heterocycles. The summed E-state index contributed by atoms with van der Waals surface area (Å²) in [4.78, 5) is 122. The van der Waals surface area contributed by atoms with Gasteiger partial charge in [0.15, 0.2) is 5.96 Å². The average molecular weight is 941 g/mol. The number of carboxylic acids is 1. The van der Waals surface area contributed by atoms with Crippen molar-refractivity contribution in [1.29, 1.82) is 0 Å². The third-order valence-electron chi connectivity index (χ3n) is 10.2. The summed E-state index contributed by atoms with van der Waals surface area (Å²) in [7, 11) is 0. The fourth-order valence-electron chi connectivity index (χ4n) is 6.61. The van der Waals surface area contributed by atoms with Gasteiger partial charge in [-0.25, -0.2) is 4.79 Å². The summed E-state index contributed by atoms with van der Waals surface area (Å²) < 4.78 is 0.